The van der Waals surface area contributed by atoms with E-state index in [0.717, 1.165) is 6.04 Å². The Balaban J connectivity index is 5.06. The van der Waals surface area contributed by atoms with Crippen molar-refractivity contribution in [1.82, 2.24) is 0 Å². The van der Waals surface area contributed by atoms with E-state index in [1.54, 1.807) is 0 Å². The van der Waals surface area contributed by atoms with Crippen LogP contribution in [0.4, 0.5) is 0 Å². The fourth-order valence-electron chi connectivity index (χ4n) is 4.43. The highest BCUT2D eigenvalue weighted by molar-refractivity contribution is 6.77. The summed E-state index contributed by atoms with van der Waals surface area (Å²) >= 11 is 5.66. The van der Waals surface area contributed by atoms with Crippen LogP contribution in [0.15, 0.2) is 12.2 Å². The fourth-order valence-corrected chi connectivity index (χ4v) is 11.6. The summed E-state index contributed by atoms with van der Waals surface area (Å²) in [6, 6.07) is 1.05. The number of hydrogen-bond donors (Lipinski definition) is 0. The first-order valence-corrected chi connectivity index (χ1v) is 16.7. The molecule has 0 spiro atoms. The zero-order chi connectivity index (χ0) is 21.4. The summed E-state index contributed by atoms with van der Waals surface area (Å²) in [5.74, 6) is -0.469. The molecule has 0 saturated carbocycles. The van der Waals surface area contributed by atoms with E-state index < -0.39 is 16.4 Å². The van der Waals surface area contributed by atoms with Crippen molar-refractivity contribution in [3.8, 4) is 0 Å². The number of carbonyl (C=O) groups is 1. The second-order valence-corrected chi connectivity index (χ2v) is 21.1. The summed E-state index contributed by atoms with van der Waals surface area (Å²) in [6.07, 6.45) is 1.21. The van der Waals surface area contributed by atoms with Gasteiger partial charge in [-0.1, -0.05) is 66.8 Å². The van der Waals surface area contributed by atoms with Crippen LogP contribution >= 0.6 is 11.6 Å². The third-order valence-electron chi connectivity index (χ3n) is 5.20. The van der Waals surface area contributed by atoms with Crippen molar-refractivity contribution < 1.29 is 14.0 Å². The molecule has 0 amide bonds. The highest BCUT2D eigenvalue weighted by Crippen LogP contribution is 2.42. The van der Waals surface area contributed by atoms with Gasteiger partial charge in [-0.25, -0.2) is 0 Å². The summed E-state index contributed by atoms with van der Waals surface area (Å²) in [5.41, 5.74) is 2.80. The van der Waals surface area contributed by atoms with E-state index in [4.69, 9.17) is 20.8 Å². The molecule has 160 valence electrons. The van der Waals surface area contributed by atoms with Crippen molar-refractivity contribution in [2.24, 2.45) is 0 Å². The number of ether oxygens (including phenoxy) is 1. The molecule has 0 heterocycles. The van der Waals surface area contributed by atoms with Crippen LogP contribution in [0.3, 0.4) is 0 Å². The van der Waals surface area contributed by atoms with Crippen molar-refractivity contribution in [3.63, 3.8) is 0 Å². The SMILES string of the molecule is C=C(C[C@H](CCO[Si](C(C)C)(C(C)C)C(C)C)OC(=O)CCl)C[Si](C)(C)C. The van der Waals surface area contributed by atoms with Gasteiger partial charge in [-0.2, -0.15) is 0 Å². The molecule has 0 aromatic carbocycles. The molecule has 0 fully saturated rings. The van der Waals surface area contributed by atoms with Crippen molar-refractivity contribution in [2.45, 2.75) is 103 Å². The predicted molar refractivity (Wildman–Crippen MR) is 124 cm³/mol. The monoisotopic (exact) mass is 434 g/mol. The fraction of sp³-hybridized carbons (Fsp3) is 0.857. The summed E-state index contributed by atoms with van der Waals surface area (Å²) in [6.45, 7) is 25.6. The number of esters is 1. The second kappa shape index (κ2) is 11.8. The molecule has 0 aliphatic heterocycles. The summed E-state index contributed by atoms with van der Waals surface area (Å²) in [4.78, 5) is 11.8. The summed E-state index contributed by atoms with van der Waals surface area (Å²) in [7, 11) is -3.13. The molecule has 0 radical (unpaired) electrons. The van der Waals surface area contributed by atoms with E-state index in [2.05, 4.69) is 67.8 Å². The minimum Gasteiger partial charge on any atom is -0.461 e. The van der Waals surface area contributed by atoms with Gasteiger partial charge < -0.3 is 9.16 Å². The molecule has 0 saturated heterocycles. The molecular weight excluding hydrogens is 392 g/mol. The van der Waals surface area contributed by atoms with Gasteiger partial charge in [-0.05, 0) is 22.7 Å². The van der Waals surface area contributed by atoms with E-state index in [1.807, 2.05) is 0 Å². The van der Waals surface area contributed by atoms with Crippen LogP contribution in [0, 0.1) is 0 Å². The Morgan fingerprint density at radius 2 is 1.48 bits per heavy atom. The van der Waals surface area contributed by atoms with Crippen molar-refractivity contribution in [3.05, 3.63) is 12.2 Å². The number of rotatable bonds is 13. The van der Waals surface area contributed by atoms with Gasteiger partial charge in [0.25, 0.3) is 0 Å². The molecule has 0 aliphatic rings. The van der Waals surface area contributed by atoms with Gasteiger partial charge in [-0.15, -0.1) is 18.2 Å². The molecule has 0 unspecified atom stereocenters. The smallest absolute Gasteiger partial charge is 0.321 e. The van der Waals surface area contributed by atoms with Gasteiger partial charge in [0, 0.05) is 27.5 Å². The quantitative estimate of drug-likeness (QED) is 0.135. The molecule has 3 nitrogen and oxygen atoms in total. The molecule has 0 aromatic rings. The average molecular weight is 435 g/mol. The van der Waals surface area contributed by atoms with Gasteiger partial charge in [0.15, 0.2) is 8.32 Å². The van der Waals surface area contributed by atoms with E-state index in [1.165, 1.54) is 5.57 Å². The van der Waals surface area contributed by atoms with Crippen LogP contribution in [0.1, 0.15) is 54.4 Å². The highest BCUT2D eigenvalue weighted by atomic mass is 35.5. The first-order valence-electron chi connectivity index (χ1n) is 10.3. The van der Waals surface area contributed by atoms with Gasteiger partial charge in [0.1, 0.15) is 12.0 Å². The first-order chi connectivity index (χ1) is 12.3. The lowest BCUT2D eigenvalue weighted by atomic mass is 10.1. The Morgan fingerprint density at radius 1 is 1.00 bits per heavy atom. The zero-order valence-electron chi connectivity index (χ0n) is 19.2. The lowest BCUT2D eigenvalue weighted by molar-refractivity contribution is -0.146. The standard InChI is InChI=1S/C21H43ClO3Si2/c1-16(2)27(17(3)4,18(5)6)24-12-11-20(25-21(23)14-22)13-19(7)15-26(8,9)10/h16-18,20H,7,11-15H2,1-6,8-10H3/t20-/m0/s1. The predicted octanol–water partition coefficient (Wildman–Crippen LogP) is 7.00. The van der Waals surface area contributed by atoms with Crippen molar-refractivity contribution in [1.29, 1.82) is 0 Å². The van der Waals surface area contributed by atoms with Gasteiger partial charge in [0.05, 0.1) is 0 Å². The maximum absolute atomic E-state index is 11.8. The molecule has 27 heavy (non-hydrogen) atoms. The minimum atomic E-state index is -1.90. The van der Waals surface area contributed by atoms with Gasteiger partial charge >= 0.3 is 5.97 Å². The number of carbonyl (C=O) groups excluding carboxylic acids is 1. The van der Waals surface area contributed by atoms with E-state index in [0.29, 0.717) is 36.1 Å². The lowest BCUT2D eigenvalue weighted by Gasteiger charge is -2.42. The van der Waals surface area contributed by atoms with Gasteiger partial charge in [-0.3, -0.25) is 4.79 Å². The Hall–Kier alpha value is -0.106. The van der Waals surface area contributed by atoms with E-state index in [-0.39, 0.29) is 18.0 Å². The lowest BCUT2D eigenvalue weighted by Crippen LogP contribution is -2.48. The van der Waals surface area contributed by atoms with Crippen LogP contribution in [-0.2, 0) is 14.0 Å². The Labute approximate surface area is 175 Å². The topological polar surface area (TPSA) is 35.5 Å². The summed E-state index contributed by atoms with van der Waals surface area (Å²) in [5, 5.41) is 0. The van der Waals surface area contributed by atoms with Crippen LogP contribution in [0.25, 0.3) is 0 Å². The second-order valence-electron chi connectivity index (χ2n) is 9.89. The van der Waals surface area contributed by atoms with Gasteiger partial charge in [0.2, 0.25) is 0 Å². The van der Waals surface area contributed by atoms with Crippen LogP contribution in [0.5, 0.6) is 0 Å². The first kappa shape index (κ1) is 26.9. The number of alkyl halides is 1. The van der Waals surface area contributed by atoms with Crippen molar-refractivity contribution in [2.75, 3.05) is 12.5 Å². The van der Waals surface area contributed by atoms with E-state index in [9.17, 15) is 4.79 Å². The molecule has 0 bridgehead atoms. The largest absolute Gasteiger partial charge is 0.461 e. The molecule has 0 rings (SSSR count). The molecule has 0 aromatic heterocycles. The third-order valence-corrected chi connectivity index (χ3v) is 13.1. The normalized spacial score (nSPS) is 14.1. The maximum Gasteiger partial charge on any atom is 0.321 e. The van der Waals surface area contributed by atoms with Crippen LogP contribution in [0.2, 0.25) is 42.3 Å². The van der Waals surface area contributed by atoms with Crippen LogP contribution < -0.4 is 0 Å². The number of halogens is 1. The minimum absolute atomic E-state index is 0.111. The van der Waals surface area contributed by atoms with Crippen molar-refractivity contribution >= 4 is 34.0 Å². The highest BCUT2D eigenvalue weighted by Gasteiger charge is 2.45. The molecule has 0 aliphatic carbocycles. The third kappa shape index (κ3) is 9.29. The molecule has 0 N–H and O–H groups in total. The Morgan fingerprint density at radius 3 is 1.85 bits per heavy atom. The average Bonchev–Trinajstić information content (AvgIpc) is 2.47. The summed E-state index contributed by atoms with van der Waals surface area (Å²) < 4.78 is 12.2. The molecule has 1 atom stereocenters. The number of hydrogen-bond acceptors (Lipinski definition) is 3. The maximum atomic E-state index is 11.8. The van der Waals surface area contributed by atoms with Crippen LogP contribution in [-0.4, -0.2) is 41.0 Å². The molecular formula is C21H43ClO3Si2. The van der Waals surface area contributed by atoms with E-state index >= 15 is 0 Å². The Bertz CT molecular complexity index is 449. The zero-order valence-corrected chi connectivity index (χ0v) is 21.9. The Kier molecular flexibility index (Phi) is 11.7. The molecule has 6 heteroatoms.